The average molecular weight is 193 g/mol. The predicted molar refractivity (Wildman–Crippen MR) is 43.4 cm³/mol. The molecule has 0 saturated carbocycles. The molecule has 0 aromatic carbocycles. The van der Waals surface area contributed by atoms with Gasteiger partial charge in [0.1, 0.15) is 11.9 Å². The fraction of sp³-hybridized carbons (Fsp3) is 0.833. The highest BCUT2D eigenvalue weighted by Crippen LogP contribution is 2.38. The summed E-state index contributed by atoms with van der Waals surface area (Å²) in [5.41, 5.74) is 0. The number of amides is 1. The van der Waals surface area contributed by atoms with Crippen molar-refractivity contribution in [2.24, 2.45) is 0 Å². The van der Waals surface area contributed by atoms with Crippen LogP contribution in [0.4, 0.5) is 4.79 Å². The zero-order valence-corrected chi connectivity index (χ0v) is 8.03. The van der Waals surface area contributed by atoms with Crippen LogP contribution in [-0.4, -0.2) is 34.3 Å². The number of ether oxygens (including phenoxy) is 1. The van der Waals surface area contributed by atoms with E-state index in [0.29, 0.717) is 13.2 Å². The van der Waals surface area contributed by atoms with Crippen LogP contribution >= 0.6 is 8.03 Å². The van der Waals surface area contributed by atoms with Crippen LogP contribution in [0.3, 0.4) is 0 Å². The molecule has 0 spiro atoms. The molecule has 12 heavy (non-hydrogen) atoms. The van der Waals surface area contributed by atoms with Crippen LogP contribution in [0.1, 0.15) is 13.8 Å². The average Bonchev–Trinajstić information content (AvgIpc) is 2.35. The minimum absolute atomic E-state index is 0.303. The Morgan fingerprint density at radius 3 is 2.58 bits per heavy atom. The summed E-state index contributed by atoms with van der Waals surface area (Å²) in [5.74, 6) is 0. The molecule has 0 bridgehead atoms. The van der Waals surface area contributed by atoms with Gasteiger partial charge in [-0.3, -0.25) is 9.46 Å². The van der Waals surface area contributed by atoms with Crippen molar-refractivity contribution in [2.45, 2.75) is 19.1 Å². The van der Waals surface area contributed by atoms with E-state index in [2.05, 4.69) is 4.74 Å². The topological polar surface area (TPSA) is 66.8 Å². The summed E-state index contributed by atoms with van der Waals surface area (Å²) in [6.07, 6.45) is -0.507. The standard InChI is InChI=1S/C6H12NO4P/c1-6(2,12(9)10)7-3-4-11-5(7)8/h12H,3-4H2,1-2H3,(H,9,10). The smallest absolute Gasteiger partial charge is 0.410 e. The summed E-state index contributed by atoms with van der Waals surface area (Å²) >= 11 is 0. The predicted octanol–water partition coefficient (Wildman–Crippen LogP) is 0.642. The van der Waals surface area contributed by atoms with Gasteiger partial charge in [0.2, 0.25) is 8.03 Å². The first-order chi connectivity index (χ1) is 5.46. The highest BCUT2D eigenvalue weighted by molar-refractivity contribution is 7.39. The monoisotopic (exact) mass is 193 g/mol. The molecular weight excluding hydrogens is 181 g/mol. The van der Waals surface area contributed by atoms with Crippen molar-refractivity contribution < 1.29 is 19.0 Å². The summed E-state index contributed by atoms with van der Waals surface area (Å²) in [6.45, 7) is 3.81. The van der Waals surface area contributed by atoms with Crippen LogP contribution in [0.2, 0.25) is 0 Å². The van der Waals surface area contributed by atoms with Gasteiger partial charge >= 0.3 is 6.09 Å². The molecule has 0 aliphatic carbocycles. The maximum absolute atomic E-state index is 11.0. The van der Waals surface area contributed by atoms with Gasteiger partial charge in [-0.05, 0) is 13.8 Å². The fourth-order valence-corrected chi connectivity index (χ4v) is 1.45. The van der Waals surface area contributed by atoms with Gasteiger partial charge in [0.05, 0.1) is 6.54 Å². The van der Waals surface area contributed by atoms with E-state index in [9.17, 15) is 9.36 Å². The van der Waals surface area contributed by atoms with Gasteiger partial charge in [0, 0.05) is 0 Å². The van der Waals surface area contributed by atoms with Crippen LogP contribution in [0, 0.1) is 0 Å². The number of hydrogen-bond acceptors (Lipinski definition) is 3. The Morgan fingerprint density at radius 1 is 1.67 bits per heavy atom. The maximum atomic E-state index is 11.0. The van der Waals surface area contributed by atoms with Crippen molar-refractivity contribution in [1.82, 2.24) is 4.90 Å². The molecule has 1 saturated heterocycles. The van der Waals surface area contributed by atoms with Crippen LogP contribution in [0.15, 0.2) is 0 Å². The van der Waals surface area contributed by atoms with Crippen molar-refractivity contribution in [3.05, 3.63) is 0 Å². The zero-order chi connectivity index (χ0) is 9.35. The molecular formula is C6H12NO4P. The lowest BCUT2D eigenvalue weighted by atomic mass is 10.3. The Labute approximate surface area is 71.2 Å². The van der Waals surface area contributed by atoms with Crippen LogP contribution in [0.25, 0.3) is 0 Å². The molecule has 1 unspecified atom stereocenters. The molecule has 1 rings (SSSR count). The first-order valence-corrected chi connectivity index (χ1v) is 4.99. The molecule has 1 heterocycles. The van der Waals surface area contributed by atoms with Gasteiger partial charge in [0.25, 0.3) is 0 Å². The number of hydrogen-bond donors (Lipinski definition) is 1. The fourth-order valence-electron chi connectivity index (χ4n) is 1.02. The Morgan fingerprint density at radius 2 is 2.25 bits per heavy atom. The van der Waals surface area contributed by atoms with E-state index >= 15 is 0 Å². The summed E-state index contributed by atoms with van der Waals surface area (Å²) in [5, 5.41) is -0.988. The summed E-state index contributed by atoms with van der Waals surface area (Å²) in [7, 11) is -2.75. The van der Waals surface area contributed by atoms with Crippen LogP contribution in [-0.2, 0) is 9.30 Å². The largest absolute Gasteiger partial charge is 0.448 e. The number of cyclic esters (lactones) is 1. The summed E-state index contributed by atoms with van der Waals surface area (Å²) < 4.78 is 15.5. The summed E-state index contributed by atoms with van der Waals surface area (Å²) in [6, 6.07) is 0. The van der Waals surface area contributed by atoms with Gasteiger partial charge in [-0.15, -0.1) is 0 Å². The van der Waals surface area contributed by atoms with Crippen molar-refractivity contribution in [2.75, 3.05) is 13.2 Å². The molecule has 70 valence electrons. The van der Waals surface area contributed by atoms with Crippen LogP contribution in [0.5, 0.6) is 0 Å². The second-order valence-corrected chi connectivity index (χ2v) is 4.96. The molecule has 1 atom stereocenters. The van der Waals surface area contributed by atoms with E-state index in [1.165, 1.54) is 4.90 Å². The second kappa shape index (κ2) is 3.07. The third-order valence-corrected chi connectivity index (χ3v) is 3.28. The molecule has 6 heteroatoms. The minimum Gasteiger partial charge on any atom is -0.448 e. The number of nitrogens with zero attached hydrogens (tertiary/aromatic N) is 1. The molecule has 0 aromatic rings. The van der Waals surface area contributed by atoms with Gasteiger partial charge < -0.3 is 9.63 Å². The highest BCUT2D eigenvalue weighted by atomic mass is 31.1. The summed E-state index contributed by atoms with van der Waals surface area (Å²) in [4.78, 5) is 21.2. The number of carbonyl (C=O) groups excluding carboxylic acids is 1. The number of rotatable bonds is 2. The Hall–Kier alpha value is -0.540. The normalized spacial score (nSPS) is 20.9. The minimum atomic E-state index is -2.75. The second-order valence-electron chi connectivity index (χ2n) is 3.13. The van der Waals surface area contributed by atoms with Gasteiger partial charge in [0.15, 0.2) is 0 Å². The SMILES string of the molecule is CC(C)(N1CCOC1=O)[PH](=O)O. The molecule has 5 nitrogen and oxygen atoms in total. The Kier molecular flexibility index (Phi) is 2.44. The highest BCUT2D eigenvalue weighted by Gasteiger charge is 2.39. The van der Waals surface area contributed by atoms with E-state index in [1.807, 2.05) is 0 Å². The lowest BCUT2D eigenvalue weighted by Gasteiger charge is -2.30. The van der Waals surface area contributed by atoms with Crippen molar-refractivity contribution in [3.8, 4) is 0 Å². The molecule has 1 aliphatic heterocycles. The van der Waals surface area contributed by atoms with Crippen LogP contribution < -0.4 is 0 Å². The Balaban J connectivity index is 2.80. The quantitative estimate of drug-likeness (QED) is 0.653. The third kappa shape index (κ3) is 1.47. The zero-order valence-electron chi connectivity index (χ0n) is 7.03. The van der Waals surface area contributed by atoms with E-state index in [1.54, 1.807) is 13.8 Å². The van der Waals surface area contributed by atoms with Gasteiger partial charge in [-0.2, -0.15) is 0 Å². The first kappa shape index (κ1) is 9.55. The molecule has 0 aromatic heterocycles. The van der Waals surface area contributed by atoms with E-state index in [4.69, 9.17) is 4.89 Å². The molecule has 1 N–H and O–H groups in total. The third-order valence-electron chi connectivity index (χ3n) is 1.96. The van der Waals surface area contributed by atoms with E-state index in [-0.39, 0.29) is 0 Å². The van der Waals surface area contributed by atoms with Crippen molar-refractivity contribution in [3.63, 3.8) is 0 Å². The maximum Gasteiger partial charge on any atom is 0.410 e. The first-order valence-electron chi connectivity index (χ1n) is 3.64. The lowest BCUT2D eigenvalue weighted by Crippen LogP contribution is -2.41. The van der Waals surface area contributed by atoms with Crippen molar-refractivity contribution >= 4 is 14.1 Å². The molecule has 0 radical (unpaired) electrons. The molecule has 1 aliphatic rings. The van der Waals surface area contributed by atoms with E-state index in [0.717, 1.165) is 0 Å². The van der Waals surface area contributed by atoms with E-state index < -0.39 is 19.4 Å². The number of carbonyl (C=O) groups is 1. The van der Waals surface area contributed by atoms with Gasteiger partial charge in [-0.25, -0.2) is 4.79 Å². The molecule has 1 amide bonds. The van der Waals surface area contributed by atoms with Crippen molar-refractivity contribution in [1.29, 1.82) is 0 Å². The van der Waals surface area contributed by atoms with Gasteiger partial charge in [-0.1, -0.05) is 0 Å². The lowest BCUT2D eigenvalue weighted by molar-refractivity contribution is 0.144. The Bertz CT molecular complexity index is 228. The molecule has 1 fully saturated rings.